The van der Waals surface area contributed by atoms with E-state index in [9.17, 15) is 9.59 Å². The third-order valence-electron chi connectivity index (χ3n) is 5.77. The molecule has 0 atom stereocenters. The number of hydrogen-bond acceptors (Lipinski definition) is 4. The van der Waals surface area contributed by atoms with Gasteiger partial charge in [0.05, 0.1) is 16.8 Å². The molecule has 0 bridgehead atoms. The molecule has 0 unspecified atom stereocenters. The van der Waals surface area contributed by atoms with E-state index < -0.39 is 11.9 Å². The van der Waals surface area contributed by atoms with Gasteiger partial charge in [0.25, 0.3) is 5.91 Å². The van der Waals surface area contributed by atoms with Crippen LogP contribution in [0.15, 0.2) is 94.5 Å². The zero-order valence-corrected chi connectivity index (χ0v) is 23.7. The van der Waals surface area contributed by atoms with E-state index in [4.69, 9.17) is 39.5 Å². The summed E-state index contributed by atoms with van der Waals surface area (Å²) in [6.45, 7) is 0. The zero-order chi connectivity index (χ0) is 27.5. The molecule has 0 spiro atoms. The maximum atomic E-state index is 13.3. The minimum absolute atomic E-state index is 0.158. The minimum atomic E-state index is -0.667. The molecule has 5 aromatic rings. The number of hydrazone groups is 1. The number of carbonyl (C=O) groups excluding carboxylic acids is 2. The fraction of sp³-hybridized carbons (Fsp3) is 0. The maximum absolute atomic E-state index is 13.3. The minimum Gasteiger partial charge on any atom is -0.422 e. The summed E-state index contributed by atoms with van der Waals surface area (Å²) in [6.07, 6.45) is 1.38. The number of halogens is 4. The Morgan fingerprint density at radius 3 is 2.46 bits per heavy atom. The summed E-state index contributed by atoms with van der Waals surface area (Å²) < 4.78 is 6.29. The molecule has 10 heteroatoms. The number of H-pyrrole nitrogens is 1. The molecule has 2 N–H and O–H groups in total. The highest BCUT2D eigenvalue weighted by molar-refractivity contribution is 9.10. The summed E-state index contributed by atoms with van der Waals surface area (Å²) in [5, 5.41) is 6.05. The first kappa shape index (κ1) is 27.0. The molecule has 194 valence electrons. The van der Waals surface area contributed by atoms with Crippen LogP contribution >= 0.6 is 50.7 Å². The van der Waals surface area contributed by atoms with Crippen LogP contribution in [0.1, 0.15) is 26.4 Å². The predicted molar refractivity (Wildman–Crippen MR) is 159 cm³/mol. The lowest BCUT2D eigenvalue weighted by molar-refractivity contribution is 0.0734. The van der Waals surface area contributed by atoms with E-state index in [0.29, 0.717) is 32.4 Å². The van der Waals surface area contributed by atoms with E-state index >= 15 is 0 Å². The molecule has 39 heavy (non-hydrogen) atoms. The fourth-order valence-electron chi connectivity index (χ4n) is 4.00. The molecule has 4 aromatic carbocycles. The van der Waals surface area contributed by atoms with Gasteiger partial charge in [-0.2, -0.15) is 5.10 Å². The van der Waals surface area contributed by atoms with Crippen LogP contribution in [-0.2, 0) is 0 Å². The highest BCUT2D eigenvalue weighted by Gasteiger charge is 2.21. The number of aromatic nitrogens is 1. The molecule has 0 fully saturated rings. The molecule has 0 saturated carbocycles. The van der Waals surface area contributed by atoms with Gasteiger partial charge in [0, 0.05) is 42.1 Å². The van der Waals surface area contributed by atoms with Gasteiger partial charge in [0.15, 0.2) is 0 Å². The maximum Gasteiger partial charge on any atom is 0.345 e. The lowest BCUT2D eigenvalue weighted by atomic mass is 10.0. The lowest BCUT2D eigenvalue weighted by Crippen LogP contribution is -2.19. The average Bonchev–Trinajstić information content (AvgIpc) is 3.30. The van der Waals surface area contributed by atoms with Crippen LogP contribution in [0, 0.1) is 0 Å². The number of ether oxygens (including phenoxy) is 1. The number of rotatable bonds is 6. The van der Waals surface area contributed by atoms with Gasteiger partial charge in [-0.3, -0.25) is 4.79 Å². The number of esters is 1. The topological polar surface area (TPSA) is 83.5 Å². The molecule has 5 rings (SSSR count). The summed E-state index contributed by atoms with van der Waals surface area (Å²) in [6, 6.07) is 24.4. The van der Waals surface area contributed by atoms with Crippen molar-refractivity contribution in [2.45, 2.75) is 0 Å². The molecule has 1 aromatic heterocycles. The van der Waals surface area contributed by atoms with Crippen molar-refractivity contribution in [3.8, 4) is 16.9 Å². The predicted octanol–water partition coefficient (Wildman–Crippen LogP) is 8.54. The summed E-state index contributed by atoms with van der Waals surface area (Å²) in [5.41, 5.74) is 5.61. The van der Waals surface area contributed by atoms with Crippen LogP contribution in [0.4, 0.5) is 0 Å². The second kappa shape index (κ2) is 11.6. The Bertz CT molecular complexity index is 1770. The van der Waals surface area contributed by atoms with Crippen molar-refractivity contribution in [1.82, 2.24) is 10.4 Å². The number of amides is 1. The first-order valence-electron chi connectivity index (χ1n) is 11.5. The summed E-state index contributed by atoms with van der Waals surface area (Å²) in [7, 11) is 0. The number of fused-ring (bicyclic) bond motifs is 1. The van der Waals surface area contributed by atoms with E-state index in [0.717, 1.165) is 15.4 Å². The summed E-state index contributed by atoms with van der Waals surface area (Å²) in [4.78, 5) is 29.2. The average molecular weight is 642 g/mol. The fourth-order valence-corrected chi connectivity index (χ4v) is 5.09. The summed E-state index contributed by atoms with van der Waals surface area (Å²) >= 11 is 22.0. The van der Waals surface area contributed by atoms with Crippen molar-refractivity contribution in [2.24, 2.45) is 5.10 Å². The second-order valence-electron chi connectivity index (χ2n) is 8.30. The van der Waals surface area contributed by atoms with Gasteiger partial charge < -0.3 is 9.72 Å². The molecule has 6 nitrogen and oxygen atoms in total. The van der Waals surface area contributed by atoms with Gasteiger partial charge in [-0.25, -0.2) is 10.2 Å². The van der Waals surface area contributed by atoms with Gasteiger partial charge in [0.1, 0.15) is 11.4 Å². The van der Waals surface area contributed by atoms with Crippen molar-refractivity contribution in [1.29, 1.82) is 0 Å². The van der Waals surface area contributed by atoms with Gasteiger partial charge in [0.2, 0.25) is 0 Å². The van der Waals surface area contributed by atoms with Crippen molar-refractivity contribution < 1.29 is 14.3 Å². The van der Waals surface area contributed by atoms with Gasteiger partial charge >= 0.3 is 5.97 Å². The number of benzene rings is 4. The first-order chi connectivity index (χ1) is 18.8. The molecular formula is C29H17BrCl3N3O3. The number of nitrogens with one attached hydrogen (secondary N) is 2. The Hall–Kier alpha value is -3.62. The Kier molecular flexibility index (Phi) is 8.04. The van der Waals surface area contributed by atoms with Crippen LogP contribution < -0.4 is 10.2 Å². The van der Waals surface area contributed by atoms with Crippen molar-refractivity contribution in [3.63, 3.8) is 0 Å². The van der Waals surface area contributed by atoms with Crippen molar-refractivity contribution >= 4 is 79.7 Å². The number of aromatic amines is 1. The monoisotopic (exact) mass is 639 g/mol. The molecule has 0 radical (unpaired) electrons. The standard InChI is InChI=1S/C29H17BrCl3N3O3/c30-17-9-12-25(39-29(38)20-11-10-18(31)14-23(20)33)16(13-17)15-34-36-28(37)27-26(19-5-1-3-7-22(19)32)21-6-2-4-8-24(21)35-27/h1-15,35H,(H,36,37). The van der Waals surface area contributed by atoms with Gasteiger partial charge in [-0.15, -0.1) is 0 Å². The van der Waals surface area contributed by atoms with Crippen molar-refractivity contribution in [2.75, 3.05) is 0 Å². The van der Waals surface area contributed by atoms with E-state index in [1.807, 2.05) is 42.5 Å². The number of para-hydroxylation sites is 1. The third kappa shape index (κ3) is 5.87. The lowest BCUT2D eigenvalue weighted by Gasteiger charge is -2.09. The quantitative estimate of drug-likeness (QED) is 0.0844. The second-order valence-corrected chi connectivity index (χ2v) is 10.5. The summed E-state index contributed by atoms with van der Waals surface area (Å²) in [5.74, 6) is -0.923. The van der Waals surface area contributed by atoms with E-state index in [2.05, 4.69) is 31.4 Å². The molecule has 0 aliphatic heterocycles. The Labute approximate surface area is 246 Å². The highest BCUT2D eigenvalue weighted by atomic mass is 79.9. The Balaban J connectivity index is 1.42. The zero-order valence-electron chi connectivity index (χ0n) is 19.8. The van der Waals surface area contributed by atoms with Crippen LogP contribution in [-0.4, -0.2) is 23.1 Å². The van der Waals surface area contributed by atoms with Crippen LogP contribution in [0.5, 0.6) is 5.75 Å². The van der Waals surface area contributed by atoms with Crippen LogP contribution in [0.3, 0.4) is 0 Å². The van der Waals surface area contributed by atoms with Crippen LogP contribution in [0.2, 0.25) is 15.1 Å². The van der Waals surface area contributed by atoms with Gasteiger partial charge in [-0.1, -0.05) is 87.1 Å². The van der Waals surface area contributed by atoms with Crippen LogP contribution in [0.25, 0.3) is 22.0 Å². The van der Waals surface area contributed by atoms with E-state index in [1.54, 1.807) is 30.3 Å². The van der Waals surface area contributed by atoms with Crippen molar-refractivity contribution in [3.05, 3.63) is 121 Å². The molecule has 0 aliphatic rings. The molecule has 1 amide bonds. The van der Waals surface area contributed by atoms with Gasteiger partial charge in [-0.05, 0) is 48.5 Å². The Morgan fingerprint density at radius 2 is 1.67 bits per heavy atom. The normalized spacial score (nSPS) is 11.2. The number of nitrogens with zero attached hydrogens (tertiary/aromatic N) is 1. The number of carbonyl (C=O) groups is 2. The largest absolute Gasteiger partial charge is 0.422 e. The molecule has 1 heterocycles. The number of hydrogen-bond donors (Lipinski definition) is 2. The highest BCUT2D eigenvalue weighted by Crippen LogP contribution is 2.36. The molecule has 0 saturated heterocycles. The third-order valence-corrected chi connectivity index (χ3v) is 7.14. The van der Waals surface area contributed by atoms with E-state index in [1.165, 1.54) is 18.3 Å². The Morgan fingerprint density at radius 1 is 0.897 bits per heavy atom. The molecular weight excluding hydrogens is 625 g/mol. The first-order valence-corrected chi connectivity index (χ1v) is 13.4. The smallest absolute Gasteiger partial charge is 0.345 e. The van der Waals surface area contributed by atoms with E-state index in [-0.39, 0.29) is 16.3 Å². The molecule has 0 aliphatic carbocycles. The SMILES string of the molecule is O=C(Oc1ccc(Br)cc1C=NNC(=O)c1[nH]c2ccccc2c1-c1ccccc1Cl)c1ccc(Cl)cc1Cl.